The van der Waals surface area contributed by atoms with Gasteiger partial charge >= 0.3 is 0 Å². The Morgan fingerprint density at radius 1 is 0.913 bits per heavy atom. The van der Waals surface area contributed by atoms with Gasteiger partial charge in [0.2, 0.25) is 0 Å². The zero-order valence-electron chi connectivity index (χ0n) is 13.1. The number of nitrogens with two attached hydrogens (primary N) is 1. The first-order valence-corrected chi connectivity index (χ1v) is 7.66. The van der Waals surface area contributed by atoms with Crippen molar-refractivity contribution in [1.82, 2.24) is 4.98 Å². The van der Waals surface area contributed by atoms with E-state index in [-0.39, 0.29) is 5.92 Å². The standard InChI is InChI=1S/C20H20N2O/c1-23-17-12-10-16(11-13-17)18(14-15-6-3-2-4-7-15)19-8-5-9-20(21)22-19/h2-13,18H,14H2,1H3,(H2,21,22). The average Bonchev–Trinajstić information content (AvgIpc) is 2.61. The highest BCUT2D eigenvalue weighted by atomic mass is 16.5. The fraction of sp³-hybridized carbons (Fsp3) is 0.150. The largest absolute Gasteiger partial charge is 0.497 e. The van der Waals surface area contributed by atoms with Gasteiger partial charge in [-0.1, -0.05) is 48.5 Å². The number of nitrogens with zero attached hydrogens (tertiary/aromatic N) is 1. The minimum absolute atomic E-state index is 0.159. The Morgan fingerprint density at radius 3 is 2.30 bits per heavy atom. The molecule has 3 heteroatoms. The molecule has 0 saturated heterocycles. The number of pyridine rings is 1. The molecule has 0 saturated carbocycles. The van der Waals surface area contributed by atoms with E-state index in [0.717, 1.165) is 17.9 Å². The number of anilines is 1. The van der Waals surface area contributed by atoms with E-state index in [2.05, 4.69) is 41.4 Å². The van der Waals surface area contributed by atoms with Crippen molar-refractivity contribution in [1.29, 1.82) is 0 Å². The monoisotopic (exact) mass is 304 g/mol. The molecule has 3 aromatic rings. The molecule has 0 amide bonds. The van der Waals surface area contributed by atoms with Crippen LogP contribution in [0, 0.1) is 0 Å². The lowest BCUT2D eigenvalue weighted by molar-refractivity contribution is 0.414. The molecule has 1 atom stereocenters. The van der Waals surface area contributed by atoms with Gasteiger partial charge in [-0.3, -0.25) is 0 Å². The highest BCUT2D eigenvalue weighted by Gasteiger charge is 2.17. The molecule has 23 heavy (non-hydrogen) atoms. The molecular formula is C20H20N2O. The highest BCUT2D eigenvalue weighted by Crippen LogP contribution is 2.29. The number of benzene rings is 2. The fourth-order valence-electron chi connectivity index (χ4n) is 2.74. The third-order valence-electron chi connectivity index (χ3n) is 3.95. The third-order valence-corrected chi connectivity index (χ3v) is 3.95. The Hall–Kier alpha value is -2.81. The summed E-state index contributed by atoms with van der Waals surface area (Å²) >= 11 is 0. The molecule has 2 N–H and O–H groups in total. The van der Waals surface area contributed by atoms with Crippen molar-refractivity contribution in [2.75, 3.05) is 12.8 Å². The van der Waals surface area contributed by atoms with Crippen LogP contribution in [-0.2, 0) is 6.42 Å². The van der Waals surface area contributed by atoms with Gasteiger partial charge in [0.1, 0.15) is 11.6 Å². The van der Waals surface area contributed by atoms with Crippen LogP contribution in [0.3, 0.4) is 0 Å². The molecule has 0 spiro atoms. The molecule has 1 aromatic heterocycles. The van der Waals surface area contributed by atoms with Gasteiger partial charge in [-0.15, -0.1) is 0 Å². The van der Waals surface area contributed by atoms with E-state index in [1.807, 2.05) is 36.4 Å². The van der Waals surface area contributed by atoms with Crippen LogP contribution >= 0.6 is 0 Å². The van der Waals surface area contributed by atoms with Crippen molar-refractivity contribution in [2.45, 2.75) is 12.3 Å². The normalized spacial score (nSPS) is 11.9. The summed E-state index contributed by atoms with van der Waals surface area (Å²) in [5.74, 6) is 1.56. The van der Waals surface area contributed by atoms with Crippen LogP contribution in [0.4, 0.5) is 5.82 Å². The predicted molar refractivity (Wildman–Crippen MR) is 93.6 cm³/mol. The van der Waals surface area contributed by atoms with Crippen LogP contribution in [0.25, 0.3) is 0 Å². The van der Waals surface area contributed by atoms with E-state index in [4.69, 9.17) is 10.5 Å². The van der Waals surface area contributed by atoms with E-state index in [9.17, 15) is 0 Å². The minimum atomic E-state index is 0.159. The first-order chi connectivity index (χ1) is 11.3. The number of methoxy groups -OCH3 is 1. The summed E-state index contributed by atoms with van der Waals surface area (Å²) in [6, 6.07) is 24.4. The Bertz CT molecular complexity index is 754. The number of ether oxygens (including phenoxy) is 1. The molecule has 0 aliphatic carbocycles. The molecule has 0 fully saturated rings. The van der Waals surface area contributed by atoms with Crippen LogP contribution < -0.4 is 10.5 Å². The first-order valence-electron chi connectivity index (χ1n) is 7.66. The molecular weight excluding hydrogens is 284 g/mol. The van der Waals surface area contributed by atoms with Crippen LogP contribution in [0.2, 0.25) is 0 Å². The Labute approximate surface area is 136 Å². The van der Waals surface area contributed by atoms with Crippen molar-refractivity contribution < 1.29 is 4.74 Å². The van der Waals surface area contributed by atoms with E-state index in [0.29, 0.717) is 5.82 Å². The van der Waals surface area contributed by atoms with Crippen molar-refractivity contribution in [3.8, 4) is 5.75 Å². The molecule has 1 heterocycles. The van der Waals surface area contributed by atoms with Gasteiger partial charge in [0.05, 0.1) is 12.8 Å². The summed E-state index contributed by atoms with van der Waals surface area (Å²) < 4.78 is 5.26. The predicted octanol–water partition coefficient (Wildman–Crippen LogP) is 4.05. The van der Waals surface area contributed by atoms with Gasteiger partial charge in [-0.2, -0.15) is 0 Å². The second-order valence-electron chi connectivity index (χ2n) is 5.50. The zero-order chi connectivity index (χ0) is 16.1. The van der Waals surface area contributed by atoms with Crippen molar-refractivity contribution in [2.24, 2.45) is 0 Å². The number of hydrogen-bond acceptors (Lipinski definition) is 3. The molecule has 0 bridgehead atoms. The summed E-state index contributed by atoms with van der Waals surface area (Å²) in [5.41, 5.74) is 9.34. The summed E-state index contributed by atoms with van der Waals surface area (Å²) in [5, 5.41) is 0. The van der Waals surface area contributed by atoms with Crippen LogP contribution in [0.5, 0.6) is 5.75 Å². The Morgan fingerprint density at radius 2 is 1.65 bits per heavy atom. The van der Waals surface area contributed by atoms with Gasteiger partial charge in [-0.25, -0.2) is 4.98 Å². The lowest BCUT2D eigenvalue weighted by atomic mass is 9.89. The fourth-order valence-corrected chi connectivity index (χ4v) is 2.74. The maximum atomic E-state index is 5.88. The summed E-state index contributed by atoms with van der Waals surface area (Å²) in [6.07, 6.45) is 0.879. The average molecular weight is 304 g/mol. The third kappa shape index (κ3) is 3.69. The van der Waals surface area contributed by atoms with Gasteiger partial charge < -0.3 is 10.5 Å². The highest BCUT2D eigenvalue weighted by molar-refractivity contribution is 5.38. The lowest BCUT2D eigenvalue weighted by Gasteiger charge is -2.18. The van der Waals surface area contributed by atoms with Crippen LogP contribution in [-0.4, -0.2) is 12.1 Å². The SMILES string of the molecule is COc1ccc(C(Cc2ccccc2)c2cccc(N)n2)cc1. The minimum Gasteiger partial charge on any atom is -0.497 e. The van der Waals surface area contributed by atoms with E-state index in [1.54, 1.807) is 7.11 Å². The van der Waals surface area contributed by atoms with E-state index >= 15 is 0 Å². The smallest absolute Gasteiger partial charge is 0.123 e. The van der Waals surface area contributed by atoms with Crippen molar-refractivity contribution in [3.05, 3.63) is 89.6 Å². The Balaban J connectivity index is 1.98. The molecule has 1 unspecified atom stereocenters. The molecule has 0 aliphatic heterocycles. The summed E-state index contributed by atoms with van der Waals surface area (Å²) in [4.78, 5) is 4.54. The molecule has 116 valence electrons. The summed E-state index contributed by atoms with van der Waals surface area (Å²) in [7, 11) is 1.68. The number of aromatic nitrogens is 1. The lowest BCUT2D eigenvalue weighted by Crippen LogP contribution is -2.08. The zero-order valence-corrected chi connectivity index (χ0v) is 13.1. The van der Waals surface area contributed by atoms with Crippen LogP contribution in [0.1, 0.15) is 22.7 Å². The van der Waals surface area contributed by atoms with Gasteiger partial charge in [0, 0.05) is 5.92 Å². The van der Waals surface area contributed by atoms with Gasteiger partial charge in [0.15, 0.2) is 0 Å². The first kappa shape index (κ1) is 15.1. The maximum Gasteiger partial charge on any atom is 0.123 e. The van der Waals surface area contributed by atoms with Gasteiger partial charge in [0.25, 0.3) is 0 Å². The summed E-state index contributed by atoms with van der Waals surface area (Å²) in [6.45, 7) is 0. The second kappa shape index (κ2) is 6.97. The number of rotatable bonds is 5. The Kier molecular flexibility index (Phi) is 4.57. The molecule has 2 aromatic carbocycles. The van der Waals surface area contributed by atoms with Crippen molar-refractivity contribution in [3.63, 3.8) is 0 Å². The molecule has 0 radical (unpaired) electrons. The topological polar surface area (TPSA) is 48.1 Å². The quantitative estimate of drug-likeness (QED) is 0.773. The second-order valence-corrected chi connectivity index (χ2v) is 5.50. The molecule has 3 rings (SSSR count). The maximum absolute atomic E-state index is 5.88. The molecule has 3 nitrogen and oxygen atoms in total. The van der Waals surface area contributed by atoms with E-state index in [1.165, 1.54) is 11.1 Å². The van der Waals surface area contributed by atoms with Crippen LogP contribution in [0.15, 0.2) is 72.8 Å². The van der Waals surface area contributed by atoms with Crippen molar-refractivity contribution >= 4 is 5.82 Å². The van der Waals surface area contributed by atoms with E-state index < -0.39 is 0 Å². The van der Waals surface area contributed by atoms with Gasteiger partial charge in [-0.05, 0) is 41.8 Å². The number of hydrogen-bond donors (Lipinski definition) is 1. The number of nitrogen functional groups attached to an aromatic ring is 1. The molecule has 0 aliphatic rings.